The van der Waals surface area contributed by atoms with Crippen molar-refractivity contribution in [3.8, 4) is 0 Å². The molecule has 1 amide bonds. The minimum absolute atomic E-state index is 0.174. The number of nitrogens with one attached hydrogen (secondary N) is 1. The van der Waals surface area contributed by atoms with Crippen LogP contribution in [0.5, 0.6) is 0 Å². The molecular weight excluding hydrogens is 316 g/mol. The third-order valence-electron chi connectivity index (χ3n) is 4.79. The summed E-state index contributed by atoms with van der Waals surface area (Å²) in [6.07, 6.45) is 3.61. The summed E-state index contributed by atoms with van der Waals surface area (Å²) in [6, 6.07) is 3.47. The van der Waals surface area contributed by atoms with E-state index in [0.717, 1.165) is 11.8 Å². The van der Waals surface area contributed by atoms with Gasteiger partial charge in [0.05, 0.1) is 0 Å². The molecule has 1 aliphatic rings. The number of nitrogens with zero attached hydrogens (tertiary/aromatic N) is 2. The molecule has 0 radical (unpaired) electrons. The summed E-state index contributed by atoms with van der Waals surface area (Å²) in [5.41, 5.74) is -1.23. The van der Waals surface area contributed by atoms with E-state index in [9.17, 15) is 18.4 Å². The number of hydrogen-bond acceptors (Lipinski definition) is 3. The van der Waals surface area contributed by atoms with Gasteiger partial charge in [-0.1, -0.05) is 12.5 Å². The van der Waals surface area contributed by atoms with Gasteiger partial charge >= 0.3 is 0 Å². The van der Waals surface area contributed by atoms with Crippen molar-refractivity contribution in [1.82, 2.24) is 14.7 Å². The number of aromatic nitrogens is 2. The van der Waals surface area contributed by atoms with E-state index in [2.05, 4.69) is 10.3 Å². The fourth-order valence-electron chi connectivity index (χ4n) is 3.16. The molecule has 0 aliphatic heterocycles. The lowest BCUT2D eigenvalue weighted by Crippen LogP contribution is -2.60. The zero-order valence-electron chi connectivity index (χ0n) is 13.6. The van der Waals surface area contributed by atoms with Gasteiger partial charge in [-0.25, -0.2) is 13.8 Å². The molecule has 1 N–H and O–H groups in total. The van der Waals surface area contributed by atoms with Crippen molar-refractivity contribution < 1.29 is 13.6 Å². The second-order valence-electron chi connectivity index (χ2n) is 6.56. The van der Waals surface area contributed by atoms with E-state index in [1.165, 1.54) is 17.5 Å². The van der Waals surface area contributed by atoms with Crippen molar-refractivity contribution in [3.63, 3.8) is 0 Å². The first-order valence-electron chi connectivity index (χ1n) is 7.92. The number of rotatable bonds is 2. The maximum absolute atomic E-state index is 14.2. The van der Waals surface area contributed by atoms with E-state index >= 15 is 0 Å². The molecule has 128 valence electrons. The Balaban J connectivity index is 1.98. The van der Waals surface area contributed by atoms with Gasteiger partial charge in [0.15, 0.2) is 0 Å². The standard InChI is InChI=1S/C17H19F2N3O2/c1-11-6-5-9-22-13(11)20-10-12(15(22)24)14(23)21-16(2)7-3-4-8-17(16,18)19/h5-6,9-10H,3-4,7-8H2,1-2H3,(H,21,23). The summed E-state index contributed by atoms with van der Waals surface area (Å²) < 4.78 is 29.7. The smallest absolute Gasteiger partial charge is 0.270 e. The molecule has 0 aromatic carbocycles. The van der Waals surface area contributed by atoms with Gasteiger partial charge in [-0.15, -0.1) is 0 Å². The molecule has 2 aromatic heterocycles. The fraction of sp³-hybridized carbons (Fsp3) is 0.471. The van der Waals surface area contributed by atoms with Gasteiger partial charge in [0, 0.05) is 18.8 Å². The van der Waals surface area contributed by atoms with Gasteiger partial charge in [0.1, 0.15) is 16.7 Å². The van der Waals surface area contributed by atoms with Crippen LogP contribution in [0.25, 0.3) is 5.65 Å². The molecule has 1 aliphatic carbocycles. The van der Waals surface area contributed by atoms with E-state index in [1.54, 1.807) is 19.1 Å². The predicted molar refractivity (Wildman–Crippen MR) is 85.5 cm³/mol. The van der Waals surface area contributed by atoms with Crippen LogP contribution in [0.2, 0.25) is 0 Å². The molecule has 24 heavy (non-hydrogen) atoms. The number of halogens is 2. The second-order valence-corrected chi connectivity index (χ2v) is 6.56. The predicted octanol–water partition coefficient (Wildman–Crippen LogP) is 2.70. The van der Waals surface area contributed by atoms with Gasteiger partial charge in [-0.3, -0.25) is 14.0 Å². The zero-order chi connectivity index (χ0) is 17.5. The molecule has 2 aromatic rings. The van der Waals surface area contributed by atoms with Crippen molar-refractivity contribution >= 4 is 11.6 Å². The molecule has 2 heterocycles. The molecule has 0 bridgehead atoms. The Hall–Kier alpha value is -2.31. The Labute approximate surface area is 137 Å². The molecule has 1 fully saturated rings. The number of carbonyl (C=O) groups excluding carboxylic acids is 1. The van der Waals surface area contributed by atoms with Crippen molar-refractivity contribution in [1.29, 1.82) is 0 Å². The van der Waals surface area contributed by atoms with Crippen LogP contribution in [-0.2, 0) is 0 Å². The average Bonchev–Trinajstić information content (AvgIpc) is 2.51. The van der Waals surface area contributed by atoms with Crippen LogP contribution in [0.4, 0.5) is 8.78 Å². The highest BCUT2D eigenvalue weighted by Gasteiger charge is 2.52. The summed E-state index contributed by atoms with van der Waals surface area (Å²) in [5.74, 6) is -3.81. The van der Waals surface area contributed by atoms with Crippen molar-refractivity contribution in [2.45, 2.75) is 51.0 Å². The Bertz CT molecular complexity index is 863. The number of fused-ring (bicyclic) bond motifs is 1. The molecule has 0 saturated heterocycles. The number of aryl methyl sites for hydroxylation is 1. The van der Waals surface area contributed by atoms with Crippen LogP contribution in [0.1, 0.15) is 48.5 Å². The van der Waals surface area contributed by atoms with Crippen LogP contribution >= 0.6 is 0 Å². The minimum atomic E-state index is -3.00. The van der Waals surface area contributed by atoms with Crippen molar-refractivity contribution in [3.05, 3.63) is 46.0 Å². The number of carbonyl (C=O) groups is 1. The quantitative estimate of drug-likeness (QED) is 0.918. The number of pyridine rings is 1. The number of hydrogen-bond donors (Lipinski definition) is 1. The van der Waals surface area contributed by atoms with E-state index < -0.39 is 22.9 Å². The topological polar surface area (TPSA) is 63.5 Å². The Morgan fingerprint density at radius 2 is 2.04 bits per heavy atom. The zero-order valence-corrected chi connectivity index (χ0v) is 13.6. The summed E-state index contributed by atoms with van der Waals surface area (Å²) in [5, 5.41) is 2.38. The summed E-state index contributed by atoms with van der Waals surface area (Å²) in [7, 11) is 0. The Morgan fingerprint density at radius 3 is 2.75 bits per heavy atom. The van der Waals surface area contributed by atoms with Gasteiger partial charge in [0.2, 0.25) is 0 Å². The van der Waals surface area contributed by atoms with E-state index in [-0.39, 0.29) is 18.4 Å². The van der Waals surface area contributed by atoms with Crippen LogP contribution < -0.4 is 10.9 Å². The van der Waals surface area contributed by atoms with Crippen LogP contribution in [0.15, 0.2) is 29.3 Å². The van der Waals surface area contributed by atoms with Gasteiger partial charge in [-0.2, -0.15) is 0 Å². The molecular formula is C17H19F2N3O2. The molecule has 0 spiro atoms. The van der Waals surface area contributed by atoms with E-state index in [4.69, 9.17) is 0 Å². The monoisotopic (exact) mass is 335 g/mol. The summed E-state index contributed by atoms with van der Waals surface area (Å²) >= 11 is 0. The molecule has 1 unspecified atom stereocenters. The lowest BCUT2D eigenvalue weighted by Gasteiger charge is -2.41. The average molecular weight is 335 g/mol. The minimum Gasteiger partial charge on any atom is -0.341 e. The first-order chi connectivity index (χ1) is 11.3. The maximum atomic E-state index is 14.2. The SMILES string of the molecule is Cc1cccn2c(=O)c(C(=O)NC3(C)CCCCC3(F)F)cnc12. The largest absolute Gasteiger partial charge is 0.341 e. The molecule has 1 saturated carbocycles. The van der Waals surface area contributed by atoms with E-state index in [1.807, 2.05) is 0 Å². The Morgan fingerprint density at radius 1 is 1.33 bits per heavy atom. The van der Waals surface area contributed by atoms with Crippen molar-refractivity contribution in [2.75, 3.05) is 0 Å². The van der Waals surface area contributed by atoms with Gasteiger partial charge in [0.25, 0.3) is 17.4 Å². The first-order valence-corrected chi connectivity index (χ1v) is 7.92. The van der Waals surface area contributed by atoms with Crippen molar-refractivity contribution in [2.24, 2.45) is 0 Å². The number of alkyl halides is 2. The lowest BCUT2D eigenvalue weighted by molar-refractivity contribution is -0.106. The molecule has 1 atom stereocenters. The highest BCUT2D eigenvalue weighted by Crippen LogP contribution is 2.41. The lowest BCUT2D eigenvalue weighted by atomic mass is 9.79. The van der Waals surface area contributed by atoms with Gasteiger partial charge in [-0.05, 0) is 38.3 Å². The summed E-state index contributed by atoms with van der Waals surface area (Å²) in [6.45, 7) is 3.13. The molecule has 3 rings (SSSR count). The van der Waals surface area contributed by atoms with Crippen LogP contribution in [0, 0.1) is 6.92 Å². The third kappa shape index (κ3) is 2.57. The number of amides is 1. The van der Waals surface area contributed by atoms with Crippen LogP contribution in [-0.4, -0.2) is 26.8 Å². The van der Waals surface area contributed by atoms with Crippen LogP contribution in [0.3, 0.4) is 0 Å². The normalized spacial score (nSPS) is 23.2. The third-order valence-corrected chi connectivity index (χ3v) is 4.79. The summed E-state index contributed by atoms with van der Waals surface area (Å²) in [4.78, 5) is 29.1. The molecule has 5 nitrogen and oxygen atoms in total. The molecule has 7 heteroatoms. The van der Waals surface area contributed by atoms with E-state index in [0.29, 0.717) is 18.5 Å². The Kier molecular flexibility index (Phi) is 3.89. The second kappa shape index (κ2) is 5.65. The maximum Gasteiger partial charge on any atom is 0.270 e. The highest BCUT2D eigenvalue weighted by molar-refractivity contribution is 5.94. The highest BCUT2D eigenvalue weighted by atomic mass is 19.3. The first kappa shape index (κ1) is 16.5. The fourth-order valence-corrected chi connectivity index (χ4v) is 3.16. The van der Waals surface area contributed by atoms with Gasteiger partial charge < -0.3 is 5.32 Å².